The fourth-order valence-electron chi connectivity index (χ4n) is 2.23. The maximum atomic E-state index is 12.3. The van der Waals surface area contributed by atoms with E-state index in [2.05, 4.69) is 5.32 Å². The number of nitrogens with one attached hydrogen (secondary N) is 1. The van der Waals surface area contributed by atoms with Gasteiger partial charge >= 0.3 is 0 Å². The number of rotatable bonds is 5. The van der Waals surface area contributed by atoms with Crippen molar-refractivity contribution in [1.29, 1.82) is 0 Å². The quantitative estimate of drug-likeness (QED) is 0.407. The van der Waals surface area contributed by atoms with Crippen molar-refractivity contribution in [3.05, 3.63) is 54.4 Å². The van der Waals surface area contributed by atoms with Crippen LogP contribution in [0.3, 0.4) is 0 Å². The van der Waals surface area contributed by atoms with Crippen LogP contribution in [0.25, 0.3) is 0 Å². The molecule has 0 aliphatic carbocycles. The summed E-state index contributed by atoms with van der Waals surface area (Å²) in [6, 6.07) is 5.82. The number of amides is 1. The number of ether oxygens (including phenoxy) is 1. The van der Waals surface area contributed by atoms with Gasteiger partial charge in [-0.1, -0.05) is 83.1 Å². The van der Waals surface area contributed by atoms with Crippen molar-refractivity contribution in [3.8, 4) is 5.75 Å². The van der Waals surface area contributed by atoms with Crippen LogP contribution in [0, 0.1) is 6.92 Å². The highest BCUT2D eigenvalue weighted by Crippen LogP contribution is 2.48. The Hall–Kier alpha value is -0.840. The van der Waals surface area contributed by atoms with Gasteiger partial charge in [0.2, 0.25) is 0 Å². The van der Waals surface area contributed by atoms with E-state index < -0.39 is 0 Å². The summed E-state index contributed by atoms with van der Waals surface area (Å²) < 4.78 is 5.43. The molecular formula is C17H14Cl5NO2. The fraction of sp³-hybridized carbons (Fsp3) is 0.235. The molecule has 0 aliphatic rings. The van der Waals surface area contributed by atoms with Crippen molar-refractivity contribution >= 4 is 69.6 Å². The second-order valence-electron chi connectivity index (χ2n) is 5.20. The van der Waals surface area contributed by atoms with Gasteiger partial charge in [-0.25, -0.2) is 0 Å². The lowest BCUT2D eigenvalue weighted by molar-refractivity contribution is -0.118. The molecule has 2 aromatic carbocycles. The Morgan fingerprint density at radius 3 is 2.12 bits per heavy atom. The normalized spacial score (nSPS) is 10.7. The molecule has 2 rings (SSSR count). The predicted octanol–water partition coefficient (Wildman–Crippen LogP) is 6.84. The molecule has 0 aliphatic heterocycles. The molecule has 1 N–H and O–H groups in total. The predicted molar refractivity (Wildman–Crippen MR) is 106 cm³/mol. The molecule has 0 saturated heterocycles. The minimum absolute atomic E-state index is 0.000921. The summed E-state index contributed by atoms with van der Waals surface area (Å²) in [4.78, 5) is 12.3. The van der Waals surface area contributed by atoms with Crippen molar-refractivity contribution in [3.63, 3.8) is 0 Å². The summed E-state index contributed by atoms with van der Waals surface area (Å²) in [7, 11) is 0. The summed E-state index contributed by atoms with van der Waals surface area (Å²) in [6.45, 7) is 3.62. The maximum absolute atomic E-state index is 12.3. The minimum atomic E-state index is -0.363. The van der Waals surface area contributed by atoms with Crippen LogP contribution in [0.15, 0.2) is 18.2 Å². The van der Waals surface area contributed by atoms with E-state index in [1.165, 1.54) is 0 Å². The first-order valence-electron chi connectivity index (χ1n) is 7.30. The summed E-state index contributed by atoms with van der Waals surface area (Å²) in [5.74, 6) is -0.350. The first kappa shape index (κ1) is 20.5. The van der Waals surface area contributed by atoms with Gasteiger partial charge in [0.25, 0.3) is 5.91 Å². The molecule has 0 atom stereocenters. The summed E-state index contributed by atoms with van der Waals surface area (Å²) in [6.07, 6.45) is 0.790. The Kier molecular flexibility index (Phi) is 7.12. The fourth-order valence-corrected chi connectivity index (χ4v) is 3.46. The number of benzene rings is 2. The minimum Gasteiger partial charge on any atom is -0.481 e. The topological polar surface area (TPSA) is 38.3 Å². The van der Waals surface area contributed by atoms with E-state index in [1.54, 1.807) is 0 Å². The molecule has 25 heavy (non-hydrogen) atoms. The smallest absolute Gasteiger partial charge is 0.262 e. The highest BCUT2D eigenvalue weighted by molar-refractivity contribution is 6.55. The van der Waals surface area contributed by atoms with Gasteiger partial charge in [0.15, 0.2) is 12.4 Å². The van der Waals surface area contributed by atoms with Crippen molar-refractivity contribution < 1.29 is 9.53 Å². The lowest BCUT2D eigenvalue weighted by Crippen LogP contribution is -2.21. The molecule has 0 unspecified atom stereocenters. The summed E-state index contributed by atoms with van der Waals surface area (Å²) >= 11 is 30.0. The Balaban J connectivity index is 2.17. The van der Waals surface area contributed by atoms with Crippen molar-refractivity contribution in [2.45, 2.75) is 20.3 Å². The first-order chi connectivity index (χ1) is 11.8. The van der Waals surface area contributed by atoms with Crippen LogP contribution in [0.1, 0.15) is 18.1 Å². The number of carbonyl (C=O) groups is 1. The van der Waals surface area contributed by atoms with Gasteiger partial charge in [0.1, 0.15) is 10.0 Å². The molecule has 8 heteroatoms. The molecular weight excluding hydrogens is 427 g/mol. The number of hydrogen-bond acceptors (Lipinski definition) is 2. The number of hydrogen-bond donors (Lipinski definition) is 1. The van der Waals surface area contributed by atoms with Gasteiger partial charge in [-0.15, -0.1) is 0 Å². The largest absolute Gasteiger partial charge is 0.481 e. The van der Waals surface area contributed by atoms with E-state index in [9.17, 15) is 4.79 Å². The molecule has 0 fully saturated rings. The van der Waals surface area contributed by atoms with Crippen LogP contribution < -0.4 is 10.1 Å². The van der Waals surface area contributed by atoms with Crippen molar-refractivity contribution in [2.75, 3.05) is 11.9 Å². The number of anilines is 1. The highest BCUT2D eigenvalue weighted by atomic mass is 35.5. The second-order valence-corrected chi connectivity index (χ2v) is 7.09. The van der Waals surface area contributed by atoms with Crippen LogP contribution in [0.5, 0.6) is 5.75 Å². The molecule has 0 radical (unpaired) electrons. The van der Waals surface area contributed by atoms with Gasteiger partial charge in [-0.3, -0.25) is 4.79 Å². The second kappa shape index (κ2) is 8.70. The number of aryl methyl sites for hydroxylation is 2. The average molecular weight is 442 g/mol. The van der Waals surface area contributed by atoms with Crippen molar-refractivity contribution in [1.82, 2.24) is 0 Å². The van der Waals surface area contributed by atoms with E-state index >= 15 is 0 Å². The molecule has 0 bridgehead atoms. The lowest BCUT2D eigenvalue weighted by atomic mass is 10.1. The number of para-hydroxylation sites is 1. The van der Waals surface area contributed by atoms with E-state index in [-0.39, 0.29) is 43.4 Å². The molecule has 0 aromatic heterocycles. The third-order valence-corrected chi connectivity index (χ3v) is 5.76. The van der Waals surface area contributed by atoms with Gasteiger partial charge < -0.3 is 10.1 Å². The standard InChI is InChI=1S/C17H14Cl5NO2/c1-3-9-6-4-5-8(2)16(9)23-10(24)7-25-17-14(21)12(19)11(18)13(20)15(17)22/h4-6H,3,7H2,1-2H3,(H,23,24). The molecule has 1 amide bonds. The van der Waals surface area contributed by atoms with Gasteiger partial charge in [-0.05, 0) is 24.5 Å². The Bertz CT molecular complexity index is 794. The Morgan fingerprint density at radius 1 is 1.00 bits per heavy atom. The summed E-state index contributed by atoms with van der Waals surface area (Å²) in [5, 5.41) is 2.89. The molecule has 0 spiro atoms. The Labute approximate surface area is 171 Å². The molecule has 134 valence electrons. The molecule has 2 aromatic rings. The average Bonchev–Trinajstić information content (AvgIpc) is 2.60. The highest BCUT2D eigenvalue weighted by Gasteiger charge is 2.21. The zero-order valence-corrected chi connectivity index (χ0v) is 17.1. The lowest BCUT2D eigenvalue weighted by Gasteiger charge is -2.15. The number of carbonyl (C=O) groups excluding carboxylic acids is 1. The summed E-state index contributed by atoms with van der Waals surface area (Å²) in [5.41, 5.74) is 2.76. The zero-order chi connectivity index (χ0) is 18.7. The van der Waals surface area contributed by atoms with E-state index in [4.69, 9.17) is 62.7 Å². The molecule has 0 saturated carbocycles. The van der Waals surface area contributed by atoms with Crippen LogP contribution in [0.4, 0.5) is 5.69 Å². The molecule has 0 heterocycles. The monoisotopic (exact) mass is 439 g/mol. The van der Waals surface area contributed by atoms with Gasteiger partial charge in [0.05, 0.1) is 15.1 Å². The van der Waals surface area contributed by atoms with Crippen molar-refractivity contribution in [2.24, 2.45) is 0 Å². The van der Waals surface area contributed by atoms with Crippen LogP contribution in [-0.4, -0.2) is 12.5 Å². The van der Waals surface area contributed by atoms with Gasteiger partial charge in [-0.2, -0.15) is 0 Å². The Morgan fingerprint density at radius 2 is 1.56 bits per heavy atom. The van der Waals surface area contributed by atoms with Crippen LogP contribution in [0.2, 0.25) is 25.1 Å². The van der Waals surface area contributed by atoms with E-state index in [1.807, 2.05) is 32.0 Å². The van der Waals surface area contributed by atoms with E-state index in [0.29, 0.717) is 0 Å². The number of halogens is 5. The molecule has 3 nitrogen and oxygen atoms in total. The van der Waals surface area contributed by atoms with E-state index in [0.717, 1.165) is 23.2 Å². The maximum Gasteiger partial charge on any atom is 0.262 e. The third kappa shape index (κ3) is 4.47. The van der Waals surface area contributed by atoms with Crippen LogP contribution >= 0.6 is 58.0 Å². The van der Waals surface area contributed by atoms with Crippen LogP contribution in [-0.2, 0) is 11.2 Å². The van der Waals surface area contributed by atoms with Gasteiger partial charge in [0, 0.05) is 5.69 Å². The zero-order valence-electron chi connectivity index (χ0n) is 13.4. The SMILES string of the molecule is CCc1cccc(C)c1NC(=O)COc1c(Cl)c(Cl)c(Cl)c(Cl)c1Cl. The first-order valence-corrected chi connectivity index (χ1v) is 9.19. The third-order valence-electron chi connectivity index (χ3n) is 3.52.